The van der Waals surface area contributed by atoms with Crippen molar-refractivity contribution in [2.75, 3.05) is 12.4 Å². The Kier molecular flexibility index (Phi) is 4.54. The average molecular weight is 306 g/mol. The van der Waals surface area contributed by atoms with Crippen LogP contribution >= 0.6 is 11.3 Å². The van der Waals surface area contributed by atoms with Gasteiger partial charge in [-0.05, 0) is 30.2 Å². The molecule has 0 aliphatic rings. The smallest absolute Gasteiger partial charge is 0.337 e. The molecule has 0 amide bonds. The Bertz CT molecular complexity index is 681. The van der Waals surface area contributed by atoms with Crippen LogP contribution in [0.5, 0.6) is 0 Å². The predicted molar refractivity (Wildman–Crippen MR) is 80.8 cm³/mol. The number of carbonyl (C=O) groups excluding carboxylic acids is 1. The van der Waals surface area contributed by atoms with Crippen molar-refractivity contribution in [1.29, 1.82) is 0 Å². The highest BCUT2D eigenvalue weighted by molar-refractivity contribution is 7.13. The van der Waals surface area contributed by atoms with Gasteiger partial charge in [0.25, 0.3) is 0 Å². The highest BCUT2D eigenvalue weighted by atomic mass is 32.1. The van der Waals surface area contributed by atoms with Gasteiger partial charge < -0.3 is 10.1 Å². The third-order valence-electron chi connectivity index (χ3n) is 2.96. The second-order valence-electron chi connectivity index (χ2n) is 4.43. The molecule has 0 unspecified atom stereocenters. The van der Waals surface area contributed by atoms with Crippen LogP contribution in [0.15, 0.2) is 29.6 Å². The fourth-order valence-electron chi connectivity index (χ4n) is 1.81. The van der Waals surface area contributed by atoms with Gasteiger partial charge in [-0.2, -0.15) is 0 Å². The van der Waals surface area contributed by atoms with Crippen molar-refractivity contribution in [3.8, 4) is 0 Å². The van der Waals surface area contributed by atoms with E-state index in [1.54, 1.807) is 17.5 Å². The number of hydrogen-bond donors (Lipinski definition) is 1. The van der Waals surface area contributed by atoms with E-state index in [1.165, 1.54) is 13.2 Å². The van der Waals surface area contributed by atoms with Gasteiger partial charge in [0, 0.05) is 23.7 Å². The third-order valence-corrected chi connectivity index (χ3v) is 3.89. The summed E-state index contributed by atoms with van der Waals surface area (Å²) >= 11 is 1.10. The van der Waals surface area contributed by atoms with E-state index in [1.807, 2.05) is 13.0 Å². The van der Waals surface area contributed by atoms with E-state index in [9.17, 15) is 14.9 Å². The largest absolute Gasteiger partial charge is 0.465 e. The van der Waals surface area contributed by atoms with Gasteiger partial charge >= 0.3 is 11.0 Å². The molecule has 0 saturated heterocycles. The van der Waals surface area contributed by atoms with Gasteiger partial charge in [-0.3, -0.25) is 10.1 Å². The fraction of sp³-hybridized carbons (Fsp3) is 0.214. The third kappa shape index (κ3) is 3.57. The van der Waals surface area contributed by atoms with Crippen LogP contribution in [0.25, 0.3) is 0 Å². The minimum atomic E-state index is -0.405. The number of aryl methyl sites for hydroxylation is 1. The summed E-state index contributed by atoms with van der Waals surface area (Å²) in [5.74, 6) is -0.399. The summed E-state index contributed by atoms with van der Waals surface area (Å²) in [6, 6.07) is 6.77. The molecular formula is C14H14N2O4S. The Balaban J connectivity index is 2.11. The molecule has 0 radical (unpaired) electrons. The molecule has 2 aromatic rings. The van der Waals surface area contributed by atoms with Gasteiger partial charge in [-0.15, -0.1) is 0 Å². The zero-order chi connectivity index (χ0) is 15.4. The molecular weight excluding hydrogens is 292 g/mol. The summed E-state index contributed by atoms with van der Waals surface area (Å²) in [5.41, 5.74) is 3.07. The van der Waals surface area contributed by atoms with Crippen molar-refractivity contribution in [2.45, 2.75) is 13.5 Å². The summed E-state index contributed by atoms with van der Waals surface area (Å²) in [6.07, 6.45) is 0. The lowest BCUT2D eigenvalue weighted by molar-refractivity contribution is -0.380. The summed E-state index contributed by atoms with van der Waals surface area (Å²) < 4.78 is 4.68. The van der Waals surface area contributed by atoms with Crippen molar-refractivity contribution in [1.82, 2.24) is 0 Å². The molecule has 0 bridgehead atoms. The lowest BCUT2D eigenvalue weighted by Gasteiger charge is -2.10. The molecule has 0 aliphatic carbocycles. The number of thiophene rings is 1. The van der Waals surface area contributed by atoms with E-state index >= 15 is 0 Å². The van der Waals surface area contributed by atoms with Crippen LogP contribution in [-0.2, 0) is 11.3 Å². The number of rotatable bonds is 5. The predicted octanol–water partition coefficient (Wildman–Crippen LogP) is 3.36. The van der Waals surface area contributed by atoms with Crippen molar-refractivity contribution in [2.24, 2.45) is 0 Å². The molecule has 110 valence electrons. The van der Waals surface area contributed by atoms with Gasteiger partial charge in [-0.25, -0.2) is 4.79 Å². The van der Waals surface area contributed by atoms with Crippen LogP contribution in [0, 0.1) is 17.0 Å². The standard InChI is InChI=1S/C14H14N2O4S/c1-9-3-4-11(14(17)20-2)6-12(9)15-7-10-5-13(16(18)19)21-8-10/h3-6,8,15H,7H2,1-2H3. The molecule has 1 aromatic heterocycles. The van der Waals surface area contributed by atoms with Crippen molar-refractivity contribution < 1.29 is 14.5 Å². The van der Waals surface area contributed by atoms with E-state index in [2.05, 4.69) is 10.1 Å². The molecule has 0 aliphatic heterocycles. The number of methoxy groups -OCH3 is 1. The number of carbonyl (C=O) groups is 1. The molecule has 0 atom stereocenters. The number of anilines is 1. The van der Waals surface area contributed by atoms with Gasteiger partial charge in [0.15, 0.2) is 0 Å². The maximum Gasteiger partial charge on any atom is 0.337 e. The zero-order valence-electron chi connectivity index (χ0n) is 11.6. The van der Waals surface area contributed by atoms with Crippen LogP contribution in [0.2, 0.25) is 0 Å². The molecule has 0 saturated carbocycles. The second kappa shape index (κ2) is 6.36. The van der Waals surface area contributed by atoms with E-state index in [0.29, 0.717) is 12.1 Å². The topological polar surface area (TPSA) is 81.5 Å². The Hall–Kier alpha value is -2.41. The summed E-state index contributed by atoms with van der Waals surface area (Å²) in [7, 11) is 1.33. The number of ether oxygens (including phenoxy) is 1. The van der Waals surface area contributed by atoms with Crippen LogP contribution < -0.4 is 5.32 Å². The van der Waals surface area contributed by atoms with Gasteiger partial charge in [0.2, 0.25) is 0 Å². The summed E-state index contributed by atoms with van der Waals surface area (Å²) in [6.45, 7) is 2.37. The first-order valence-electron chi connectivity index (χ1n) is 6.16. The monoisotopic (exact) mass is 306 g/mol. The molecule has 1 N–H and O–H groups in total. The molecule has 1 aromatic carbocycles. The van der Waals surface area contributed by atoms with Gasteiger partial charge in [0.1, 0.15) is 0 Å². The fourth-order valence-corrected chi connectivity index (χ4v) is 2.53. The van der Waals surface area contributed by atoms with E-state index in [4.69, 9.17) is 0 Å². The first-order chi connectivity index (χ1) is 10.0. The van der Waals surface area contributed by atoms with Crippen molar-refractivity contribution in [3.63, 3.8) is 0 Å². The molecule has 6 nitrogen and oxygen atoms in total. The van der Waals surface area contributed by atoms with Crippen LogP contribution in [-0.4, -0.2) is 18.0 Å². The number of esters is 1. The summed E-state index contributed by atoms with van der Waals surface area (Å²) in [5, 5.41) is 15.7. The quantitative estimate of drug-likeness (QED) is 0.520. The molecule has 0 fully saturated rings. The number of hydrogen-bond acceptors (Lipinski definition) is 6. The number of nitrogens with one attached hydrogen (secondary N) is 1. The Morgan fingerprint density at radius 1 is 1.43 bits per heavy atom. The van der Waals surface area contributed by atoms with Crippen LogP contribution in [0.4, 0.5) is 10.7 Å². The molecule has 0 spiro atoms. The molecule has 2 rings (SSSR count). The van der Waals surface area contributed by atoms with Crippen LogP contribution in [0.3, 0.4) is 0 Å². The zero-order valence-corrected chi connectivity index (χ0v) is 12.4. The number of nitro groups is 1. The highest BCUT2D eigenvalue weighted by Crippen LogP contribution is 2.24. The average Bonchev–Trinajstić information content (AvgIpc) is 2.94. The number of benzene rings is 1. The maximum absolute atomic E-state index is 11.5. The van der Waals surface area contributed by atoms with Gasteiger partial charge in [0.05, 0.1) is 17.6 Å². The molecule has 7 heteroatoms. The van der Waals surface area contributed by atoms with E-state index in [0.717, 1.165) is 28.2 Å². The first kappa shape index (κ1) is 15.0. The lowest BCUT2D eigenvalue weighted by atomic mass is 10.1. The number of nitrogens with zero attached hydrogens (tertiary/aromatic N) is 1. The molecule has 1 heterocycles. The SMILES string of the molecule is COC(=O)c1ccc(C)c(NCc2csc([N+](=O)[O-])c2)c1. The Morgan fingerprint density at radius 3 is 2.81 bits per heavy atom. The summed E-state index contributed by atoms with van der Waals surface area (Å²) in [4.78, 5) is 21.7. The van der Waals surface area contributed by atoms with Crippen molar-refractivity contribution in [3.05, 3.63) is 56.5 Å². The minimum absolute atomic E-state index is 0.117. The first-order valence-corrected chi connectivity index (χ1v) is 7.04. The van der Waals surface area contributed by atoms with Crippen molar-refractivity contribution >= 4 is 28.0 Å². The Morgan fingerprint density at radius 2 is 2.19 bits per heavy atom. The van der Waals surface area contributed by atoms with Crippen LogP contribution in [0.1, 0.15) is 21.5 Å². The van der Waals surface area contributed by atoms with Gasteiger partial charge in [-0.1, -0.05) is 17.4 Å². The second-order valence-corrected chi connectivity index (χ2v) is 5.31. The van der Waals surface area contributed by atoms with E-state index < -0.39 is 10.9 Å². The minimum Gasteiger partial charge on any atom is -0.465 e. The highest BCUT2D eigenvalue weighted by Gasteiger charge is 2.11. The normalized spacial score (nSPS) is 10.2. The Labute approximate surface area is 125 Å². The van der Waals surface area contributed by atoms with E-state index in [-0.39, 0.29) is 5.00 Å². The lowest BCUT2D eigenvalue weighted by Crippen LogP contribution is -2.05. The maximum atomic E-state index is 11.5. The molecule has 21 heavy (non-hydrogen) atoms.